The van der Waals surface area contributed by atoms with Crippen molar-refractivity contribution in [2.45, 2.75) is 83.0 Å². The van der Waals surface area contributed by atoms with Crippen molar-refractivity contribution in [3.05, 3.63) is 35.5 Å². The number of nitrogens with one attached hydrogen (secondary N) is 1. The summed E-state index contributed by atoms with van der Waals surface area (Å²) in [6.07, 6.45) is 9.26. The molecule has 9 N–H and O–H groups in total. The second-order valence-electron chi connectivity index (χ2n) is 11.2. The lowest BCUT2D eigenvalue weighted by Crippen LogP contribution is -2.65. The molecule has 15 heteroatoms. The molecule has 1 amide bonds. The molecule has 15 nitrogen and oxygen atoms in total. The summed E-state index contributed by atoms with van der Waals surface area (Å²) in [6.45, 7) is 5.01. The summed E-state index contributed by atoms with van der Waals surface area (Å²) in [5.41, 5.74) is 14.3. The van der Waals surface area contributed by atoms with Gasteiger partial charge in [0.05, 0.1) is 7.11 Å². The van der Waals surface area contributed by atoms with Crippen molar-refractivity contribution < 1.29 is 48.5 Å². The van der Waals surface area contributed by atoms with Crippen LogP contribution in [0.1, 0.15) is 65.7 Å². The highest BCUT2D eigenvalue weighted by atomic mass is 16.6. The number of carbonyl (C=O) groups excluding carboxylic acids is 4. The second kappa shape index (κ2) is 15.0. The molecule has 3 aliphatic rings. The second-order valence-corrected chi connectivity index (χ2v) is 11.2. The van der Waals surface area contributed by atoms with Crippen LogP contribution in [-0.4, -0.2) is 77.0 Å². The monoisotopic (exact) mass is 621 g/mol. The Bertz CT molecular complexity index is 1260. The maximum atomic E-state index is 13.5. The van der Waals surface area contributed by atoms with Gasteiger partial charge < -0.3 is 36.5 Å². The van der Waals surface area contributed by atoms with Gasteiger partial charge in [-0.25, -0.2) is 10.3 Å². The van der Waals surface area contributed by atoms with Crippen molar-refractivity contribution in [3.8, 4) is 0 Å². The van der Waals surface area contributed by atoms with Gasteiger partial charge in [-0.1, -0.05) is 18.2 Å². The summed E-state index contributed by atoms with van der Waals surface area (Å²) >= 11 is 0. The van der Waals surface area contributed by atoms with Crippen LogP contribution in [0.3, 0.4) is 0 Å². The number of rotatable bonds is 10. The van der Waals surface area contributed by atoms with Crippen molar-refractivity contribution >= 4 is 35.7 Å². The zero-order valence-corrected chi connectivity index (χ0v) is 25.5. The number of aliphatic imine (C=N–C) groups is 1. The SMILES string of the molecule is COC(=O)C1=CC[C@@]23CC[C@@H]([C@@](C)(/C=C/C=C(\C)C(=O)NO)OC2=O)[C@@]3(OC(C)=O)CC1.NC(N)=NCCC[C@H](N)C(=O)O. The van der Waals surface area contributed by atoms with Gasteiger partial charge in [0.25, 0.3) is 5.91 Å². The third kappa shape index (κ3) is 7.82. The van der Waals surface area contributed by atoms with Crippen LogP contribution in [-0.2, 0) is 38.2 Å². The Morgan fingerprint density at radius 2 is 1.93 bits per heavy atom. The van der Waals surface area contributed by atoms with Crippen LogP contribution in [0, 0.1) is 11.3 Å². The molecule has 1 heterocycles. The molecule has 0 aromatic carbocycles. The number of nitrogens with two attached hydrogens (primary N) is 3. The van der Waals surface area contributed by atoms with Crippen LogP contribution in [0.4, 0.5) is 0 Å². The van der Waals surface area contributed by atoms with Gasteiger partial charge in [0.1, 0.15) is 22.7 Å². The van der Waals surface area contributed by atoms with E-state index in [0.717, 1.165) is 0 Å². The van der Waals surface area contributed by atoms with E-state index in [0.29, 0.717) is 50.6 Å². The minimum absolute atomic E-state index is 0.0129. The third-order valence-corrected chi connectivity index (χ3v) is 8.38. The lowest BCUT2D eigenvalue weighted by atomic mass is 9.62. The number of carboxylic acid groups (broad SMARTS) is 1. The van der Waals surface area contributed by atoms with E-state index in [1.807, 2.05) is 0 Å². The molecule has 5 atom stereocenters. The number of hydrogen-bond acceptors (Lipinski definition) is 11. The molecule has 2 bridgehead atoms. The number of carbonyl (C=O) groups is 5. The Kier molecular flexibility index (Phi) is 12.2. The maximum Gasteiger partial charge on any atom is 0.333 e. The topological polar surface area (TPSA) is 256 Å². The largest absolute Gasteiger partial charge is 0.480 e. The lowest BCUT2D eigenvalue weighted by molar-refractivity contribution is -0.235. The zero-order valence-electron chi connectivity index (χ0n) is 25.5. The normalized spacial score (nSPS) is 28.1. The van der Waals surface area contributed by atoms with Crippen LogP contribution < -0.4 is 22.7 Å². The number of allylic oxidation sites excluding steroid dienone is 3. The summed E-state index contributed by atoms with van der Waals surface area (Å²) in [5.74, 6) is -3.43. The first-order chi connectivity index (χ1) is 20.6. The summed E-state index contributed by atoms with van der Waals surface area (Å²) in [7, 11) is 1.30. The molecular formula is C29H43N5O10. The lowest BCUT2D eigenvalue weighted by Gasteiger charge is -2.54. The molecule has 1 saturated carbocycles. The van der Waals surface area contributed by atoms with E-state index in [-0.39, 0.29) is 23.9 Å². The number of hydrogen-bond donors (Lipinski definition) is 6. The molecule has 44 heavy (non-hydrogen) atoms. The number of hydroxylamine groups is 1. The van der Waals surface area contributed by atoms with Gasteiger partial charge >= 0.3 is 23.9 Å². The first kappa shape index (κ1) is 36.0. The first-order valence-electron chi connectivity index (χ1n) is 14.1. The predicted octanol–water partition coefficient (Wildman–Crippen LogP) is 0.743. The van der Waals surface area contributed by atoms with E-state index < -0.39 is 52.4 Å². The van der Waals surface area contributed by atoms with E-state index in [1.165, 1.54) is 27.0 Å². The van der Waals surface area contributed by atoms with Crippen LogP contribution >= 0.6 is 0 Å². The number of carboxylic acids is 1. The molecule has 3 rings (SSSR count). The van der Waals surface area contributed by atoms with Crippen molar-refractivity contribution in [3.63, 3.8) is 0 Å². The number of esters is 3. The molecule has 0 radical (unpaired) electrons. The quantitative estimate of drug-likeness (QED) is 0.0227. The number of ether oxygens (including phenoxy) is 3. The predicted molar refractivity (Wildman–Crippen MR) is 156 cm³/mol. The standard InChI is InChI=1S/C23H29NO8.C6H14N4O2/c1-14(18(26)24-29)6-5-10-21(3)17-9-12-22(20(28)32-21)11-7-16(19(27)30-4)8-13-23(17,22)31-15(2)25;7-4(5(11)12)2-1-3-10-6(8)9/h5-7,10,17,29H,8-9,11-13H2,1-4H3,(H,24,26);4H,1-3,7H2,(H,11,12)(H4,8,9,10)/b10-5+,14-6+;/t17-,21+,22+,23-;4-/m00/s1. The van der Waals surface area contributed by atoms with Crippen molar-refractivity contribution in [2.24, 2.45) is 33.5 Å². The van der Waals surface area contributed by atoms with Gasteiger partial charge in [0.15, 0.2) is 5.96 Å². The van der Waals surface area contributed by atoms with E-state index in [1.54, 1.807) is 30.6 Å². The molecule has 1 saturated heterocycles. The Hall–Kier alpha value is -4.24. The van der Waals surface area contributed by atoms with Gasteiger partial charge in [-0.15, -0.1) is 0 Å². The van der Waals surface area contributed by atoms with Crippen molar-refractivity contribution in [1.82, 2.24) is 5.48 Å². The Morgan fingerprint density at radius 3 is 2.50 bits per heavy atom. The fourth-order valence-corrected chi connectivity index (χ4v) is 6.19. The summed E-state index contributed by atoms with van der Waals surface area (Å²) < 4.78 is 16.8. The highest BCUT2D eigenvalue weighted by molar-refractivity contribution is 5.92. The number of nitrogens with zero attached hydrogens (tertiary/aromatic N) is 1. The molecule has 0 spiro atoms. The fourth-order valence-electron chi connectivity index (χ4n) is 6.19. The third-order valence-electron chi connectivity index (χ3n) is 8.38. The average molecular weight is 622 g/mol. The minimum Gasteiger partial charge on any atom is -0.480 e. The van der Waals surface area contributed by atoms with E-state index >= 15 is 0 Å². The summed E-state index contributed by atoms with van der Waals surface area (Å²) in [6, 6.07) is -0.820. The first-order valence-corrected chi connectivity index (χ1v) is 14.1. The zero-order chi connectivity index (χ0) is 33.3. The van der Waals surface area contributed by atoms with Gasteiger partial charge in [-0.3, -0.25) is 29.4 Å². The molecular weight excluding hydrogens is 578 g/mol. The average Bonchev–Trinajstić information content (AvgIpc) is 3.11. The molecule has 0 aromatic rings. The number of amides is 1. The van der Waals surface area contributed by atoms with Crippen LogP contribution in [0.25, 0.3) is 0 Å². The highest BCUT2D eigenvalue weighted by Gasteiger charge is 2.74. The fraction of sp³-hybridized carbons (Fsp3) is 0.586. The smallest absolute Gasteiger partial charge is 0.333 e. The molecule has 2 fully saturated rings. The van der Waals surface area contributed by atoms with Gasteiger partial charge in [0, 0.05) is 30.5 Å². The van der Waals surface area contributed by atoms with Crippen LogP contribution in [0.2, 0.25) is 0 Å². The van der Waals surface area contributed by atoms with Gasteiger partial charge in [-0.2, -0.15) is 0 Å². The molecule has 0 aromatic heterocycles. The van der Waals surface area contributed by atoms with E-state index in [9.17, 15) is 24.0 Å². The summed E-state index contributed by atoms with van der Waals surface area (Å²) in [5, 5.41) is 17.1. The number of aliphatic carboxylic acids is 1. The van der Waals surface area contributed by atoms with E-state index in [4.69, 9.17) is 41.7 Å². The number of guanidine groups is 1. The highest BCUT2D eigenvalue weighted by Crippen LogP contribution is 2.65. The van der Waals surface area contributed by atoms with Crippen molar-refractivity contribution in [2.75, 3.05) is 13.7 Å². The minimum atomic E-state index is -1.14. The Balaban J connectivity index is 0.000000477. The van der Waals surface area contributed by atoms with Crippen molar-refractivity contribution in [1.29, 1.82) is 0 Å². The molecule has 0 unspecified atom stereocenters. The van der Waals surface area contributed by atoms with Crippen LogP contribution in [0.15, 0.2) is 40.4 Å². The molecule has 244 valence electrons. The molecule has 2 aliphatic carbocycles. The maximum absolute atomic E-state index is 13.5. The number of cyclic esters (lactones) is 1. The Labute approximate surface area is 255 Å². The van der Waals surface area contributed by atoms with Crippen LogP contribution in [0.5, 0.6) is 0 Å². The summed E-state index contributed by atoms with van der Waals surface area (Å²) in [4.78, 5) is 63.2. The number of methoxy groups -OCH3 is 1. The van der Waals surface area contributed by atoms with Gasteiger partial charge in [-0.05, 0) is 64.9 Å². The molecule has 1 aliphatic heterocycles. The Morgan fingerprint density at radius 1 is 1.25 bits per heavy atom. The van der Waals surface area contributed by atoms with E-state index in [2.05, 4.69) is 4.99 Å². The van der Waals surface area contributed by atoms with Gasteiger partial charge in [0.2, 0.25) is 0 Å².